The first-order valence-corrected chi connectivity index (χ1v) is 13.0. The number of nitrogens with zero attached hydrogens (tertiary/aromatic N) is 1. The number of allylic oxidation sites excluding steroid dienone is 1. The summed E-state index contributed by atoms with van der Waals surface area (Å²) in [7, 11) is 1.64. The summed E-state index contributed by atoms with van der Waals surface area (Å²) in [5.74, 6) is 1.49. The quantitative estimate of drug-likeness (QED) is 0.267. The first-order valence-electron chi connectivity index (χ1n) is 13.0. The number of rotatable bonds is 5. The van der Waals surface area contributed by atoms with E-state index in [2.05, 4.69) is 29.2 Å². The molecule has 6 rings (SSSR count). The fourth-order valence-corrected chi connectivity index (χ4v) is 5.43. The number of anilines is 1. The van der Waals surface area contributed by atoms with Gasteiger partial charge in [-0.05, 0) is 58.8 Å². The van der Waals surface area contributed by atoms with Crippen LogP contribution in [0.5, 0.6) is 11.5 Å². The highest BCUT2D eigenvalue weighted by molar-refractivity contribution is 6.04. The van der Waals surface area contributed by atoms with Crippen LogP contribution in [0.4, 0.5) is 18.9 Å². The molecule has 2 aliphatic heterocycles. The van der Waals surface area contributed by atoms with E-state index in [1.807, 2.05) is 36.4 Å². The summed E-state index contributed by atoms with van der Waals surface area (Å²) in [6.07, 6.45) is -2.27. The molecule has 7 heteroatoms. The fraction of sp³-hybridized carbons (Fsp3) is 0.250. The van der Waals surface area contributed by atoms with Crippen LogP contribution < -0.4 is 14.4 Å². The second-order valence-corrected chi connectivity index (χ2v) is 9.79. The highest BCUT2D eigenvalue weighted by Gasteiger charge is 2.31. The molecule has 39 heavy (non-hydrogen) atoms. The molecule has 2 heterocycles. The van der Waals surface area contributed by atoms with E-state index in [1.165, 1.54) is 12.1 Å². The first kappa shape index (κ1) is 25.3. The molecule has 0 aromatic heterocycles. The maximum Gasteiger partial charge on any atom is 0.416 e. The minimum Gasteiger partial charge on any atom is -0.497 e. The van der Waals surface area contributed by atoms with Gasteiger partial charge in [-0.3, -0.25) is 0 Å². The van der Waals surface area contributed by atoms with Gasteiger partial charge in [0.25, 0.3) is 0 Å². The topological polar surface area (TPSA) is 30.9 Å². The minimum atomic E-state index is -4.39. The van der Waals surface area contributed by atoms with Crippen molar-refractivity contribution >= 4 is 22.0 Å². The lowest BCUT2D eigenvalue weighted by atomic mass is 9.88. The van der Waals surface area contributed by atoms with E-state index >= 15 is 0 Å². The second-order valence-electron chi connectivity index (χ2n) is 9.79. The normalized spacial score (nSPS) is 17.4. The molecular formula is C32H28F3NO3. The highest BCUT2D eigenvalue weighted by Crippen LogP contribution is 2.46. The number of halogens is 3. The SMILES string of the molecule is COc1cccc(CC2=CC(c3ccc(C(F)(F)F)cc3)Oc3cc(N4CCOCC4)c4ccccc4c32)c1. The molecule has 4 aromatic rings. The van der Waals surface area contributed by atoms with Crippen molar-refractivity contribution in [1.82, 2.24) is 0 Å². The van der Waals surface area contributed by atoms with E-state index in [4.69, 9.17) is 14.2 Å². The average Bonchev–Trinajstić information content (AvgIpc) is 2.96. The Balaban J connectivity index is 1.49. The Labute approximate surface area is 225 Å². The Morgan fingerprint density at radius 3 is 2.36 bits per heavy atom. The van der Waals surface area contributed by atoms with Crippen LogP contribution in [0.2, 0.25) is 0 Å². The van der Waals surface area contributed by atoms with E-state index in [0.717, 1.165) is 69.9 Å². The van der Waals surface area contributed by atoms with Crippen molar-refractivity contribution in [2.24, 2.45) is 0 Å². The second kappa shape index (κ2) is 10.3. The van der Waals surface area contributed by atoms with E-state index in [0.29, 0.717) is 25.2 Å². The summed E-state index contributed by atoms with van der Waals surface area (Å²) in [5, 5.41) is 2.21. The molecule has 0 saturated carbocycles. The number of hydrogen-bond acceptors (Lipinski definition) is 4. The van der Waals surface area contributed by atoms with Crippen molar-refractivity contribution in [3.05, 3.63) is 107 Å². The molecule has 0 N–H and O–H groups in total. The van der Waals surface area contributed by atoms with Gasteiger partial charge in [-0.2, -0.15) is 13.2 Å². The number of morpholine rings is 1. The van der Waals surface area contributed by atoms with E-state index in [9.17, 15) is 13.2 Å². The van der Waals surface area contributed by atoms with Gasteiger partial charge in [0.2, 0.25) is 0 Å². The number of alkyl halides is 3. The largest absolute Gasteiger partial charge is 0.497 e. The van der Waals surface area contributed by atoms with Gasteiger partial charge in [-0.15, -0.1) is 0 Å². The molecule has 4 nitrogen and oxygen atoms in total. The molecule has 0 bridgehead atoms. The van der Waals surface area contributed by atoms with Gasteiger partial charge in [0.1, 0.15) is 17.6 Å². The van der Waals surface area contributed by atoms with Gasteiger partial charge >= 0.3 is 6.18 Å². The molecule has 0 aliphatic carbocycles. The maximum atomic E-state index is 13.2. The Kier molecular flexibility index (Phi) is 6.69. The zero-order valence-corrected chi connectivity index (χ0v) is 21.5. The van der Waals surface area contributed by atoms with Gasteiger partial charge in [0.05, 0.1) is 25.9 Å². The van der Waals surface area contributed by atoms with Gasteiger partial charge in [0, 0.05) is 35.8 Å². The van der Waals surface area contributed by atoms with Crippen molar-refractivity contribution in [1.29, 1.82) is 0 Å². The Morgan fingerprint density at radius 1 is 0.897 bits per heavy atom. The van der Waals surface area contributed by atoms with E-state index < -0.39 is 17.8 Å². The zero-order valence-electron chi connectivity index (χ0n) is 21.5. The van der Waals surface area contributed by atoms with Crippen LogP contribution >= 0.6 is 0 Å². The monoisotopic (exact) mass is 531 g/mol. The number of methoxy groups -OCH3 is 1. The van der Waals surface area contributed by atoms with Crippen LogP contribution in [-0.4, -0.2) is 33.4 Å². The fourth-order valence-electron chi connectivity index (χ4n) is 5.43. The molecular weight excluding hydrogens is 503 g/mol. The Hall–Kier alpha value is -3.97. The van der Waals surface area contributed by atoms with Crippen LogP contribution in [0.3, 0.4) is 0 Å². The summed E-state index contributed by atoms with van der Waals surface area (Å²) in [5.41, 5.74) is 4.19. The molecule has 0 spiro atoms. The maximum absolute atomic E-state index is 13.2. The number of ether oxygens (including phenoxy) is 3. The van der Waals surface area contributed by atoms with Gasteiger partial charge in [-0.1, -0.05) is 48.5 Å². The standard InChI is InChI=1S/C32H28F3NO3/c1-37-25-6-4-5-21(18-25)17-23-19-29(22-9-11-24(12-10-22)32(33,34)35)39-30-20-28(36-13-15-38-16-14-36)26-7-2-3-8-27(26)31(23)30/h2-12,18-20,29H,13-17H2,1H3. The molecule has 0 amide bonds. The van der Waals surface area contributed by atoms with Crippen LogP contribution in [0.1, 0.15) is 28.4 Å². The minimum absolute atomic E-state index is 0.529. The van der Waals surface area contributed by atoms with Crippen molar-refractivity contribution < 1.29 is 27.4 Å². The first-order chi connectivity index (χ1) is 18.9. The Morgan fingerprint density at radius 2 is 1.64 bits per heavy atom. The van der Waals surface area contributed by atoms with Crippen LogP contribution in [-0.2, 0) is 17.3 Å². The van der Waals surface area contributed by atoms with Crippen molar-refractivity contribution in [3.63, 3.8) is 0 Å². The average molecular weight is 532 g/mol. The third-order valence-corrected chi connectivity index (χ3v) is 7.36. The third-order valence-electron chi connectivity index (χ3n) is 7.36. The van der Waals surface area contributed by atoms with Crippen molar-refractivity contribution in [2.75, 3.05) is 38.3 Å². The summed E-state index contributed by atoms with van der Waals surface area (Å²) >= 11 is 0. The van der Waals surface area contributed by atoms with Crippen LogP contribution in [0.25, 0.3) is 16.3 Å². The zero-order chi connectivity index (χ0) is 27.0. The molecule has 200 valence electrons. The summed E-state index contributed by atoms with van der Waals surface area (Å²) in [6.45, 7) is 2.86. The summed E-state index contributed by atoms with van der Waals surface area (Å²) in [6, 6.07) is 23.5. The van der Waals surface area contributed by atoms with Crippen LogP contribution in [0, 0.1) is 0 Å². The van der Waals surface area contributed by atoms with Gasteiger partial charge < -0.3 is 19.1 Å². The molecule has 1 unspecified atom stereocenters. The van der Waals surface area contributed by atoms with Gasteiger partial charge in [0.15, 0.2) is 0 Å². The lowest BCUT2D eigenvalue weighted by Gasteiger charge is -2.33. The summed E-state index contributed by atoms with van der Waals surface area (Å²) in [4.78, 5) is 2.31. The van der Waals surface area contributed by atoms with Crippen LogP contribution in [0.15, 0.2) is 84.9 Å². The van der Waals surface area contributed by atoms with Gasteiger partial charge in [-0.25, -0.2) is 0 Å². The van der Waals surface area contributed by atoms with Crippen molar-refractivity contribution in [2.45, 2.75) is 18.7 Å². The molecule has 2 aliphatic rings. The summed E-state index contributed by atoms with van der Waals surface area (Å²) < 4.78 is 57.3. The predicted molar refractivity (Wildman–Crippen MR) is 146 cm³/mol. The molecule has 4 aromatic carbocycles. The number of fused-ring (bicyclic) bond motifs is 3. The van der Waals surface area contributed by atoms with Crippen molar-refractivity contribution in [3.8, 4) is 11.5 Å². The Bertz CT molecular complexity index is 1520. The molecule has 1 saturated heterocycles. The lowest BCUT2D eigenvalue weighted by Crippen LogP contribution is -2.36. The third kappa shape index (κ3) is 5.06. The molecule has 1 fully saturated rings. The molecule has 0 radical (unpaired) electrons. The van der Waals surface area contributed by atoms with E-state index in [1.54, 1.807) is 7.11 Å². The smallest absolute Gasteiger partial charge is 0.416 e. The number of benzene rings is 4. The lowest BCUT2D eigenvalue weighted by molar-refractivity contribution is -0.137. The highest BCUT2D eigenvalue weighted by atomic mass is 19.4. The van der Waals surface area contributed by atoms with E-state index in [-0.39, 0.29) is 0 Å². The predicted octanol–water partition coefficient (Wildman–Crippen LogP) is 7.46. The number of hydrogen-bond donors (Lipinski definition) is 0. The molecule has 1 atom stereocenters.